The second kappa shape index (κ2) is 8.86. The quantitative estimate of drug-likeness (QED) is 0.389. The van der Waals surface area contributed by atoms with Gasteiger partial charge in [0.2, 0.25) is 0 Å². The van der Waals surface area contributed by atoms with E-state index in [2.05, 4.69) is 24.4 Å². The number of amides is 1. The van der Waals surface area contributed by atoms with Crippen molar-refractivity contribution in [2.75, 3.05) is 11.9 Å². The molecule has 0 radical (unpaired) electrons. The fourth-order valence-electron chi connectivity index (χ4n) is 2.89. The van der Waals surface area contributed by atoms with Crippen LogP contribution in [-0.4, -0.2) is 35.2 Å². The van der Waals surface area contributed by atoms with Crippen molar-refractivity contribution in [3.8, 4) is 0 Å². The van der Waals surface area contributed by atoms with Crippen LogP contribution in [0.5, 0.6) is 0 Å². The largest absolute Gasteiger partial charge is 0.323 e. The number of rotatable bonds is 7. The third kappa shape index (κ3) is 4.75. The van der Waals surface area contributed by atoms with E-state index >= 15 is 0 Å². The minimum absolute atomic E-state index is 0.0273. The van der Waals surface area contributed by atoms with Crippen molar-refractivity contribution in [1.82, 2.24) is 19.1 Å². The molecule has 4 rings (SSSR count). The van der Waals surface area contributed by atoms with Crippen LogP contribution in [0.25, 0.3) is 10.1 Å². The molecule has 1 atom stereocenters. The Morgan fingerprint density at radius 1 is 1.06 bits per heavy atom. The van der Waals surface area contributed by atoms with Crippen LogP contribution in [0.3, 0.4) is 0 Å². The van der Waals surface area contributed by atoms with Crippen molar-refractivity contribution in [3.05, 3.63) is 78.4 Å². The molecule has 0 fully saturated rings. The number of anilines is 1. The summed E-state index contributed by atoms with van der Waals surface area (Å²) in [5, 5.41) is 3.16. The maximum Gasteiger partial charge on any atom is 0.258 e. The molecular weight excluding hydrogens is 436 g/mol. The summed E-state index contributed by atoms with van der Waals surface area (Å²) in [6.07, 6.45) is 6.09. The molecule has 1 aromatic carbocycles. The molecular formula is C20H18N6O3S2. The summed E-state index contributed by atoms with van der Waals surface area (Å²) in [5.41, 5.74) is 7.94. The Morgan fingerprint density at radius 3 is 2.55 bits per heavy atom. The standard InChI is InChI=1S/C20H18N6O3S2/c21-17(12-25-31(28,29)20-16-11-24-30-18(16)7-10-23-20)13-1-3-14(4-2-13)19(27)26-15-5-8-22-9-6-15/h1-11,17,25H,12,21H2,(H,22,26,27). The third-order valence-electron chi connectivity index (χ3n) is 4.53. The van der Waals surface area contributed by atoms with Gasteiger partial charge in [0, 0.05) is 42.4 Å². The summed E-state index contributed by atoms with van der Waals surface area (Å²) in [5.74, 6) is -0.268. The summed E-state index contributed by atoms with van der Waals surface area (Å²) >= 11 is 1.20. The number of sulfonamides is 1. The summed E-state index contributed by atoms with van der Waals surface area (Å²) in [6, 6.07) is 11.2. The molecule has 4 N–H and O–H groups in total. The van der Waals surface area contributed by atoms with E-state index in [-0.39, 0.29) is 17.5 Å². The number of nitrogens with zero attached hydrogens (tertiary/aromatic N) is 3. The number of carbonyl (C=O) groups excluding carboxylic acids is 1. The van der Waals surface area contributed by atoms with Crippen molar-refractivity contribution >= 4 is 43.2 Å². The number of nitrogens with two attached hydrogens (primary N) is 1. The van der Waals surface area contributed by atoms with E-state index in [0.29, 0.717) is 22.2 Å². The van der Waals surface area contributed by atoms with Crippen molar-refractivity contribution in [3.63, 3.8) is 0 Å². The average molecular weight is 455 g/mol. The van der Waals surface area contributed by atoms with E-state index in [1.54, 1.807) is 54.9 Å². The molecule has 31 heavy (non-hydrogen) atoms. The summed E-state index contributed by atoms with van der Waals surface area (Å²) in [4.78, 5) is 20.2. The van der Waals surface area contributed by atoms with E-state index in [1.165, 1.54) is 23.9 Å². The van der Waals surface area contributed by atoms with Crippen molar-refractivity contribution < 1.29 is 13.2 Å². The zero-order valence-electron chi connectivity index (χ0n) is 16.1. The Labute approximate surface area is 182 Å². The van der Waals surface area contributed by atoms with Crippen LogP contribution in [0.1, 0.15) is 22.0 Å². The van der Waals surface area contributed by atoms with E-state index in [9.17, 15) is 13.2 Å². The highest BCUT2D eigenvalue weighted by atomic mass is 32.2. The lowest BCUT2D eigenvalue weighted by molar-refractivity contribution is 0.102. The Bertz CT molecular complexity index is 1310. The van der Waals surface area contributed by atoms with E-state index < -0.39 is 16.1 Å². The molecule has 11 heteroatoms. The minimum atomic E-state index is -3.86. The maximum atomic E-state index is 12.7. The van der Waals surface area contributed by atoms with Gasteiger partial charge in [-0.1, -0.05) is 12.1 Å². The molecule has 0 aliphatic carbocycles. The molecule has 3 heterocycles. The Balaban J connectivity index is 1.41. The van der Waals surface area contributed by atoms with Crippen LogP contribution in [0.15, 0.2) is 72.3 Å². The Morgan fingerprint density at radius 2 is 1.81 bits per heavy atom. The van der Waals surface area contributed by atoms with Gasteiger partial charge < -0.3 is 11.1 Å². The molecule has 0 aliphatic rings. The van der Waals surface area contributed by atoms with Crippen molar-refractivity contribution in [2.24, 2.45) is 5.73 Å². The maximum absolute atomic E-state index is 12.7. The Hall–Kier alpha value is -3.25. The molecule has 4 aromatic rings. The number of aromatic nitrogens is 3. The molecule has 9 nitrogen and oxygen atoms in total. The van der Waals surface area contributed by atoms with Gasteiger partial charge in [0.05, 0.1) is 16.3 Å². The SMILES string of the molecule is NC(CNS(=O)(=O)c1nccc2sncc12)c1ccc(C(=O)Nc2ccncc2)cc1. The zero-order chi connectivity index (χ0) is 21.8. The first-order valence-corrected chi connectivity index (χ1v) is 11.5. The lowest BCUT2D eigenvalue weighted by Gasteiger charge is -2.14. The van der Waals surface area contributed by atoms with Crippen LogP contribution in [0, 0.1) is 0 Å². The van der Waals surface area contributed by atoms with Gasteiger partial charge in [-0.3, -0.25) is 9.78 Å². The molecule has 3 aromatic heterocycles. The molecule has 1 amide bonds. The van der Waals surface area contributed by atoms with Crippen LogP contribution in [0.4, 0.5) is 5.69 Å². The topological polar surface area (TPSA) is 140 Å². The summed E-state index contributed by atoms with van der Waals surface area (Å²) in [6.45, 7) is -0.0273. The smallest absolute Gasteiger partial charge is 0.258 e. The molecule has 0 bridgehead atoms. The van der Waals surface area contributed by atoms with Crippen LogP contribution < -0.4 is 15.8 Å². The Kier molecular flexibility index (Phi) is 6.00. The normalized spacial score (nSPS) is 12.5. The van der Waals surface area contributed by atoms with Gasteiger partial charge in [-0.25, -0.2) is 18.1 Å². The molecule has 0 aliphatic heterocycles. The first kappa shape index (κ1) is 21.0. The number of benzene rings is 1. The van der Waals surface area contributed by atoms with Gasteiger partial charge >= 0.3 is 0 Å². The van der Waals surface area contributed by atoms with Gasteiger partial charge in [-0.05, 0) is 47.4 Å². The molecule has 0 spiro atoms. The molecule has 0 saturated carbocycles. The second-order valence-corrected chi connectivity index (χ2v) is 9.14. The first-order valence-electron chi connectivity index (χ1n) is 9.20. The average Bonchev–Trinajstić information content (AvgIpc) is 3.27. The number of nitrogens with one attached hydrogen (secondary N) is 2. The number of pyridine rings is 2. The number of hydrogen-bond donors (Lipinski definition) is 3. The number of carbonyl (C=O) groups is 1. The lowest BCUT2D eigenvalue weighted by atomic mass is 10.1. The van der Waals surface area contributed by atoms with Crippen LogP contribution in [0.2, 0.25) is 0 Å². The van der Waals surface area contributed by atoms with Gasteiger partial charge in [0.15, 0.2) is 5.03 Å². The minimum Gasteiger partial charge on any atom is -0.323 e. The van der Waals surface area contributed by atoms with E-state index in [1.807, 2.05) is 0 Å². The van der Waals surface area contributed by atoms with E-state index in [4.69, 9.17) is 5.73 Å². The third-order valence-corrected chi connectivity index (χ3v) is 6.68. The highest BCUT2D eigenvalue weighted by Gasteiger charge is 2.21. The second-order valence-electron chi connectivity index (χ2n) is 6.62. The molecule has 158 valence electrons. The van der Waals surface area contributed by atoms with Crippen molar-refractivity contribution in [2.45, 2.75) is 11.1 Å². The molecule has 0 saturated heterocycles. The predicted molar refractivity (Wildman–Crippen MR) is 118 cm³/mol. The van der Waals surface area contributed by atoms with E-state index in [0.717, 1.165) is 4.70 Å². The van der Waals surface area contributed by atoms with Crippen LogP contribution >= 0.6 is 11.5 Å². The van der Waals surface area contributed by atoms with Gasteiger partial charge in [0.25, 0.3) is 15.9 Å². The summed E-state index contributed by atoms with van der Waals surface area (Å²) < 4.78 is 32.6. The van der Waals surface area contributed by atoms with Gasteiger partial charge in [-0.15, -0.1) is 0 Å². The van der Waals surface area contributed by atoms with Gasteiger partial charge in [0.1, 0.15) is 0 Å². The highest BCUT2D eigenvalue weighted by molar-refractivity contribution is 7.89. The zero-order valence-corrected chi connectivity index (χ0v) is 17.7. The van der Waals surface area contributed by atoms with Crippen molar-refractivity contribution in [1.29, 1.82) is 0 Å². The fourth-order valence-corrected chi connectivity index (χ4v) is 4.78. The fraction of sp³-hybridized carbons (Fsp3) is 0.100. The van der Waals surface area contributed by atoms with Gasteiger partial charge in [-0.2, -0.15) is 4.37 Å². The number of hydrogen-bond acceptors (Lipinski definition) is 8. The highest BCUT2D eigenvalue weighted by Crippen LogP contribution is 2.23. The molecule has 1 unspecified atom stereocenters. The monoisotopic (exact) mass is 454 g/mol. The lowest BCUT2D eigenvalue weighted by Crippen LogP contribution is -2.32. The summed E-state index contributed by atoms with van der Waals surface area (Å²) in [7, 11) is -3.86. The predicted octanol–water partition coefficient (Wildman–Crippen LogP) is 2.32. The first-order chi connectivity index (χ1) is 14.9. The number of fused-ring (bicyclic) bond motifs is 1. The van der Waals surface area contributed by atoms with Crippen LogP contribution in [-0.2, 0) is 10.0 Å².